The number of thioether (sulfide) groups is 1. The number of anilines is 2. The van der Waals surface area contributed by atoms with Gasteiger partial charge in [-0.25, -0.2) is 19.2 Å². The highest BCUT2D eigenvalue weighted by molar-refractivity contribution is 7.98. The Balaban J connectivity index is 1.43. The van der Waals surface area contributed by atoms with Gasteiger partial charge in [-0.2, -0.15) is 0 Å². The Kier molecular flexibility index (Phi) is 7.29. The van der Waals surface area contributed by atoms with E-state index in [0.29, 0.717) is 36.3 Å². The average Bonchev–Trinajstić information content (AvgIpc) is 2.81. The number of carbonyl (C=O) groups excluding carboxylic acids is 1. The Morgan fingerprint density at radius 1 is 1.25 bits per heavy atom. The Morgan fingerprint density at radius 3 is 2.66 bits per heavy atom. The number of hydrogen-bond donors (Lipinski definition) is 2. The lowest BCUT2D eigenvalue weighted by Crippen LogP contribution is -2.37. The van der Waals surface area contributed by atoms with Gasteiger partial charge >= 0.3 is 6.03 Å². The molecule has 10 heteroatoms. The molecule has 1 aromatic heterocycles. The van der Waals surface area contributed by atoms with Crippen LogP contribution < -0.4 is 15.5 Å². The summed E-state index contributed by atoms with van der Waals surface area (Å²) in [5.41, 5.74) is 1.37. The van der Waals surface area contributed by atoms with Crippen LogP contribution in [0.15, 0.2) is 47.4 Å². The Morgan fingerprint density at radius 2 is 2.00 bits per heavy atom. The van der Waals surface area contributed by atoms with Gasteiger partial charge in [0.25, 0.3) is 0 Å². The number of carbonyl (C=O) groups is 1. The van der Waals surface area contributed by atoms with E-state index in [1.165, 1.54) is 36.0 Å². The van der Waals surface area contributed by atoms with Gasteiger partial charge in [-0.15, -0.1) is 11.8 Å². The van der Waals surface area contributed by atoms with E-state index in [-0.39, 0.29) is 17.9 Å². The van der Waals surface area contributed by atoms with Gasteiger partial charge in [0.05, 0.1) is 24.2 Å². The minimum absolute atomic E-state index is 0.182. The summed E-state index contributed by atoms with van der Waals surface area (Å²) >= 11 is 8.02. The minimum atomic E-state index is -0.360. The maximum absolute atomic E-state index is 13.0. The second kappa shape index (κ2) is 10.3. The van der Waals surface area contributed by atoms with Gasteiger partial charge in [0, 0.05) is 24.4 Å². The smallest absolute Gasteiger partial charge is 0.319 e. The van der Waals surface area contributed by atoms with E-state index < -0.39 is 0 Å². The van der Waals surface area contributed by atoms with E-state index in [9.17, 15) is 9.18 Å². The van der Waals surface area contributed by atoms with Crippen molar-refractivity contribution in [1.82, 2.24) is 15.3 Å². The van der Waals surface area contributed by atoms with Crippen molar-refractivity contribution < 1.29 is 13.9 Å². The molecule has 1 aliphatic carbocycles. The van der Waals surface area contributed by atoms with Gasteiger partial charge in [-0.3, -0.25) is 0 Å². The van der Waals surface area contributed by atoms with E-state index in [4.69, 9.17) is 21.3 Å². The molecule has 1 aromatic carbocycles. The van der Waals surface area contributed by atoms with Gasteiger partial charge < -0.3 is 20.3 Å². The predicted molar refractivity (Wildman–Crippen MR) is 126 cm³/mol. The molecular weight excluding hydrogens is 453 g/mol. The summed E-state index contributed by atoms with van der Waals surface area (Å²) in [6, 6.07) is 5.07. The predicted octanol–water partition coefficient (Wildman–Crippen LogP) is 4.36. The van der Waals surface area contributed by atoms with Crippen molar-refractivity contribution in [3.63, 3.8) is 0 Å². The van der Waals surface area contributed by atoms with Crippen molar-refractivity contribution in [3.8, 4) is 0 Å². The zero-order valence-electron chi connectivity index (χ0n) is 17.5. The first-order valence-electron chi connectivity index (χ1n) is 10.2. The van der Waals surface area contributed by atoms with Crippen molar-refractivity contribution in [2.24, 2.45) is 0 Å². The number of benzene rings is 1. The van der Waals surface area contributed by atoms with Crippen LogP contribution in [0.25, 0.3) is 5.57 Å². The van der Waals surface area contributed by atoms with Crippen LogP contribution in [-0.2, 0) is 4.74 Å². The molecule has 168 valence electrons. The summed E-state index contributed by atoms with van der Waals surface area (Å²) in [7, 11) is 0. The molecular formula is C22H23ClFN5O2S. The highest BCUT2D eigenvalue weighted by atomic mass is 35.5. The molecule has 2 aromatic rings. The third-order valence-electron chi connectivity index (χ3n) is 5.10. The zero-order valence-corrected chi connectivity index (χ0v) is 19.0. The third kappa shape index (κ3) is 5.40. The van der Waals surface area contributed by atoms with Crippen molar-refractivity contribution >= 4 is 46.5 Å². The molecule has 7 nitrogen and oxygen atoms in total. The second-order valence-electron chi connectivity index (χ2n) is 7.26. The summed E-state index contributed by atoms with van der Waals surface area (Å²) in [6.45, 7) is 2.82. The molecule has 1 unspecified atom stereocenters. The molecule has 2 amide bonds. The molecule has 0 bridgehead atoms. The number of ether oxygens (including phenoxy) is 1. The number of allylic oxidation sites excluding steroid dienone is 2. The van der Waals surface area contributed by atoms with E-state index in [0.717, 1.165) is 29.4 Å². The fourth-order valence-corrected chi connectivity index (χ4v) is 4.44. The van der Waals surface area contributed by atoms with Crippen LogP contribution in [-0.4, -0.2) is 54.6 Å². The van der Waals surface area contributed by atoms with Crippen LogP contribution in [0.1, 0.15) is 12.2 Å². The van der Waals surface area contributed by atoms with Crippen LogP contribution in [0.4, 0.5) is 20.7 Å². The fraction of sp³-hybridized carbons (Fsp3) is 0.318. The lowest BCUT2D eigenvalue weighted by atomic mass is 10.0. The number of nitrogens with zero attached hydrogens (tertiary/aromatic N) is 3. The molecule has 0 radical (unpaired) electrons. The number of halogens is 2. The van der Waals surface area contributed by atoms with E-state index in [2.05, 4.69) is 20.5 Å². The normalized spacial score (nSPS) is 18.3. The largest absolute Gasteiger partial charge is 0.378 e. The summed E-state index contributed by atoms with van der Waals surface area (Å²) in [4.78, 5) is 24.6. The van der Waals surface area contributed by atoms with Crippen molar-refractivity contribution in [2.45, 2.75) is 17.4 Å². The Bertz CT molecular complexity index is 1040. The standard InChI is InChI=1S/C22H23ClFN5O2S/c1-32-18-19(23)27-20(28-21(18)29-10-12-31-13-11-29)14-2-6-16(7-3-14)25-22(30)26-17-8-4-15(24)5-9-17/h2-6,8-9,16H,7,10-13H2,1H3,(H2,25,26,30). The van der Waals surface area contributed by atoms with Crippen molar-refractivity contribution in [1.29, 1.82) is 0 Å². The number of rotatable bonds is 5. The molecule has 1 aliphatic heterocycles. The summed E-state index contributed by atoms with van der Waals surface area (Å²) in [6.07, 6.45) is 8.31. The molecule has 2 heterocycles. The SMILES string of the molecule is CSc1c(Cl)nc(C2=CCC(NC(=O)Nc3ccc(F)cc3)C=C2)nc1N1CCOCC1. The topological polar surface area (TPSA) is 79.4 Å². The maximum Gasteiger partial charge on any atom is 0.319 e. The Hall–Kier alpha value is -2.62. The first-order chi connectivity index (χ1) is 15.5. The molecule has 2 N–H and O–H groups in total. The molecule has 0 saturated carbocycles. The number of amides is 2. The van der Waals surface area contributed by atoms with E-state index in [1.54, 1.807) is 0 Å². The molecule has 4 rings (SSSR count). The lowest BCUT2D eigenvalue weighted by molar-refractivity contribution is 0.122. The fourth-order valence-electron chi connectivity index (χ4n) is 3.47. The zero-order chi connectivity index (χ0) is 22.5. The van der Waals surface area contributed by atoms with Crippen LogP contribution in [0.3, 0.4) is 0 Å². The Labute approximate surface area is 195 Å². The number of morpholine rings is 1. The van der Waals surface area contributed by atoms with Gasteiger partial charge in [0.15, 0.2) is 5.82 Å². The van der Waals surface area contributed by atoms with E-state index >= 15 is 0 Å². The number of nitrogens with one attached hydrogen (secondary N) is 2. The average molecular weight is 476 g/mol. The highest BCUT2D eigenvalue weighted by Crippen LogP contribution is 2.34. The minimum Gasteiger partial charge on any atom is -0.378 e. The molecule has 1 fully saturated rings. The van der Waals surface area contributed by atoms with Crippen LogP contribution in [0.2, 0.25) is 5.15 Å². The second-order valence-corrected chi connectivity index (χ2v) is 8.43. The molecule has 32 heavy (non-hydrogen) atoms. The third-order valence-corrected chi connectivity index (χ3v) is 6.27. The van der Waals surface area contributed by atoms with Gasteiger partial charge in [0.2, 0.25) is 0 Å². The van der Waals surface area contributed by atoms with Crippen LogP contribution >= 0.6 is 23.4 Å². The maximum atomic E-state index is 13.0. The van der Waals surface area contributed by atoms with Crippen LogP contribution in [0.5, 0.6) is 0 Å². The quantitative estimate of drug-likeness (QED) is 0.494. The van der Waals surface area contributed by atoms with Gasteiger partial charge in [-0.05, 0) is 36.9 Å². The first-order valence-corrected chi connectivity index (χ1v) is 11.8. The molecule has 0 spiro atoms. The van der Waals surface area contributed by atoms with Gasteiger partial charge in [-0.1, -0.05) is 29.8 Å². The van der Waals surface area contributed by atoms with Crippen molar-refractivity contribution in [2.75, 3.05) is 42.8 Å². The summed E-state index contributed by atoms with van der Waals surface area (Å²) in [5.74, 6) is 1.03. The number of aromatic nitrogens is 2. The summed E-state index contributed by atoms with van der Waals surface area (Å²) < 4.78 is 18.5. The van der Waals surface area contributed by atoms with Crippen LogP contribution in [0, 0.1) is 5.82 Å². The lowest BCUT2D eigenvalue weighted by Gasteiger charge is -2.29. The summed E-state index contributed by atoms with van der Waals surface area (Å²) in [5, 5.41) is 6.00. The first kappa shape index (κ1) is 22.6. The molecule has 1 atom stereocenters. The molecule has 2 aliphatic rings. The number of urea groups is 1. The highest BCUT2D eigenvalue weighted by Gasteiger charge is 2.22. The van der Waals surface area contributed by atoms with E-state index in [1.807, 2.05) is 24.5 Å². The monoisotopic (exact) mass is 475 g/mol. The van der Waals surface area contributed by atoms with Crippen molar-refractivity contribution in [3.05, 3.63) is 59.3 Å². The molecule has 1 saturated heterocycles. The number of hydrogen-bond acceptors (Lipinski definition) is 6. The van der Waals surface area contributed by atoms with Gasteiger partial charge in [0.1, 0.15) is 16.8 Å².